The molecule has 8 aromatic carbocycles. The molecule has 0 N–H and O–H groups in total. The summed E-state index contributed by atoms with van der Waals surface area (Å²) in [4.78, 5) is 0. The number of benzene rings is 8. The Balaban J connectivity index is 0.000000152. The summed E-state index contributed by atoms with van der Waals surface area (Å²) in [5, 5.41) is 1.63. The molecule has 67 heavy (non-hydrogen) atoms. The van der Waals surface area contributed by atoms with Crippen molar-refractivity contribution in [2.24, 2.45) is 0 Å². The van der Waals surface area contributed by atoms with E-state index in [9.17, 15) is 43.2 Å². The van der Waals surface area contributed by atoms with Crippen molar-refractivity contribution in [2.45, 2.75) is 17.4 Å². The minimum absolute atomic E-state index is 0.334. The van der Waals surface area contributed by atoms with Gasteiger partial charge in [0.15, 0.2) is 0 Å². The van der Waals surface area contributed by atoms with Crippen molar-refractivity contribution in [2.75, 3.05) is 0 Å². The molecule has 0 fully saturated rings. The third-order valence-electron chi connectivity index (χ3n) is 10.5. The molecule has 10 rings (SSSR count). The van der Waals surface area contributed by atoms with Crippen LogP contribution in [0.5, 0.6) is 11.5 Å². The first kappa shape index (κ1) is 46.6. The Morgan fingerprint density at radius 3 is 1.55 bits per heavy atom. The fourth-order valence-corrected chi connectivity index (χ4v) is 8.86. The fraction of sp³-hybridized carbons (Fsp3) is 0.0588. The molecular weight excluding hydrogens is 981 g/mol. The number of fused-ring (bicyclic) bond motifs is 6. The van der Waals surface area contributed by atoms with E-state index in [1.807, 2.05) is 126 Å². The summed E-state index contributed by atoms with van der Waals surface area (Å²) in [7, 11) is -11.4. The van der Waals surface area contributed by atoms with Gasteiger partial charge in [0, 0.05) is 27.0 Å². The lowest BCUT2D eigenvalue weighted by atomic mass is 10.1. The minimum atomic E-state index is -5.78. The zero-order valence-corrected chi connectivity index (χ0v) is 37.8. The molecule has 9 aromatic rings. The molecule has 0 spiro atoms. The van der Waals surface area contributed by atoms with Crippen LogP contribution in [0.25, 0.3) is 60.9 Å². The zero-order chi connectivity index (χ0) is 47.6. The highest BCUT2D eigenvalue weighted by atomic mass is 79.9. The van der Waals surface area contributed by atoms with Gasteiger partial charge in [-0.25, -0.2) is 0 Å². The van der Waals surface area contributed by atoms with E-state index in [1.54, 1.807) is 12.1 Å². The number of rotatable bonds is 7. The third-order valence-corrected chi connectivity index (χ3v) is 13.0. The van der Waals surface area contributed by atoms with Crippen LogP contribution >= 0.6 is 15.9 Å². The van der Waals surface area contributed by atoms with E-state index in [0.717, 1.165) is 59.8 Å². The molecule has 0 amide bonds. The molecule has 0 saturated carbocycles. The molecule has 0 aliphatic heterocycles. The number of aromatic nitrogens is 1. The van der Waals surface area contributed by atoms with Crippen LogP contribution in [0.4, 0.5) is 26.3 Å². The smallest absolute Gasteiger partial charge is 0.376 e. The third kappa shape index (κ3) is 10.3. The second kappa shape index (κ2) is 18.8. The molecule has 1 aliphatic rings. The van der Waals surface area contributed by atoms with E-state index in [2.05, 4.69) is 60.7 Å². The van der Waals surface area contributed by atoms with E-state index >= 15 is 0 Å². The van der Waals surface area contributed by atoms with E-state index < -0.39 is 37.0 Å². The Labute approximate surface area is 389 Å². The Bertz CT molecular complexity index is 3470. The topological polar surface area (TPSA) is 91.7 Å². The predicted octanol–water partition coefficient (Wildman–Crippen LogP) is 14.3. The molecular formula is C51H34BrF6NO6S2. The minimum Gasteiger partial charge on any atom is -0.376 e. The van der Waals surface area contributed by atoms with Gasteiger partial charge in [-0.3, -0.25) is 0 Å². The second-order valence-electron chi connectivity index (χ2n) is 14.9. The van der Waals surface area contributed by atoms with Crippen LogP contribution in [-0.2, 0) is 26.7 Å². The highest BCUT2D eigenvalue weighted by Crippen LogP contribution is 2.40. The quantitative estimate of drug-likeness (QED) is 0.0897. The molecule has 16 heteroatoms. The summed E-state index contributed by atoms with van der Waals surface area (Å²) in [6.45, 7) is 0. The van der Waals surface area contributed by atoms with E-state index in [1.165, 1.54) is 35.4 Å². The van der Waals surface area contributed by atoms with Crippen molar-refractivity contribution in [1.82, 2.24) is 4.57 Å². The van der Waals surface area contributed by atoms with Crippen molar-refractivity contribution in [3.05, 3.63) is 210 Å². The standard InChI is InChI=1S/C25H16F3NO3S.C14H9F3O3S.C12H9Br/c26-25(27,28)33(30,31)32-20-13-14-22-21-11-4-5-12-23(21)29(24(22)16-20)19-10-6-9-18(15-19)17-7-2-1-3-8-17;15-14(16,17)21(18,19)20-11-5-6-13-10(8-11)7-9-3-1-2-4-12(9)13;13-12-8-4-7-11(9-12)10-5-2-1-3-6-10/h1-16H;1-6,8H,7H2;1-9H. The number of alkyl halides is 6. The summed E-state index contributed by atoms with van der Waals surface area (Å²) < 4.78 is 132. The molecule has 1 aliphatic carbocycles. The molecule has 0 radical (unpaired) electrons. The maximum atomic E-state index is 12.8. The maximum Gasteiger partial charge on any atom is 0.534 e. The Morgan fingerprint density at radius 2 is 0.925 bits per heavy atom. The maximum absolute atomic E-state index is 12.8. The number of para-hydroxylation sites is 1. The van der Waals surface area contributed by atoms with Gasteiger partial charge < -0.3 is 12.9 Å². The van der Waals surface area contributed by atoms with Crippen molar-refractivity contribution < 1.29 is 51.5 Å². The van der Waals surface area contributed by atoms with Gasteiger partial charge >= 0.3 is 31.3 Å². The summed E-state index contributed by atoms with van der Waals surface area (Å²) in [5.74, 6) is -0.748. The van der Waals surface area contributed by atoms with E-state index in [0.29, 0.717) is 11.9 Å². The average molecular weight is 1010 g/mol. The van der Waals surface area contributed by atoms with Crippen molar-refractivity contribution in [3.8, 4) is 50.6 Å². The van der Waals surface area contributed by atoms with Gasteiger partial charge in [0.2, 0.25) is 0 Å². The van der Waals surface area contributed by atoms with Crippen LogP contribution in [0.3, 0.4) is 0 Å². The number of halogens is 7. The Kier molecular flexibility index (Phi) is 13.1. The molecule has 0 unspecified atom stereocenters. The van der Waals surface area contributed by atoms with Gasteiger partial charge in [-0.15, -0.1) is 0 Å². The Morgan fingerprint density at radius 1 is 0.433 bits per heavy atom. The molecule has 0 saturated heterocycles. The van der Waals surface area contributed by atoms with Crippen LogP contribution < -0.4 is 8.37 Å². The highest BCUT2D eigenvalue weighted by Gasteiger charge is 2.49. The second-order valence-corrected chi connectivity index (χ2v) is 18.9. The first-order valence-corrected chi connectivity index (χ1v) is 23.7. The Hall–Kier alpha value is -6.88. The number of hydrogen-bond acceptors (Lipinski definition) is 6. The summed E-state index contributed by atoms with van der Waals surface area (Å²) in [5.41, 5.74) is -0.684. The lowest BCUT2D eigenvalue weighted by Gasteiger charge is -2.12. The van der Waals surface area contributed by atoms with Crippen molar-refractivity contribution in [1.29, 1.82) is 0 Å². The monoisotopic (exact) mass is 1010 g/mol. The highest BCUT2D eigenvalue weighted by molar-refractivity contribution is 9.10. The van der Waals surface area contributed by atoms with Crippen molar-refractivity contribution in [3.63, 3.8) is 0 Å². The van der Waals surface area contributed by atoms with Crippen LogP contribution in [0, 0.1) is 0 Å². The molecule has 1 heterocycles. The van der Waals surface area contributed by atoms with Crippen molar-refractivity contribution >= 4 is 58.0 Å². The van der Waals surface area contributed by atoms with Gasteiger partial charge in [0.05, 0.1) is 11.0 Å². The molecule has 0 bridgehead atoms. The lowest BCUT2D eigenvalue weighted by molar-refractivity contribution is -0.0504. The van der Waals surface area contributed by atoms with Crippen LogP contribution in [0.15, 0.2) is 199 Å². The average Bonchev–Trinajstić information content (AvgIpc) is 3.84. The van der Waals surface area contributed by atoms with Gasteiger partial charge in [0.1, 0.15) is 11.5 Å². The first-order valence-electron chi connectivity index (χ1n) is 20.1. The van der Waals surface area contributed by atoms with Gasteiger partial charge in [-0.2, -0.15) is 43.2 Å². The predicted molar refractivity (Wildman–Crippen MR) is 252 cm³/mol. The number of hydrogen-bond donors (Lipinski definition) is 0. The molecule has 340 valence electrons. The van der Waals surface area contributed by atoms with Gasteiger partial charge in [-0.05, 0) is 106 Å². The summed E-state index contributed by atoms with van der Waals surface area (Å²) in [6.07, 6.45) is 0.536. The largest absolute Gasteiger partial charge is 0.534 e. The first-order chi connectivity index (χ1) is 31.9. The van der Waals surface area contributed by atoms with Crippen LogP contribution in [-0.4, -0.2) is 32.4 Å². The molecule has 0 atom stereocenters. The molecule has 7 nitrogen and oxygen atoms in total. The van der Waals surface area contributed by atoms with Crippen LogP contribution in [0.1, 0.15) is 11.1 Å². The normalized spacial score (nSPS) is 12.3. The summed E-state index contributed by atoms with van der Waals surface area (Å²) in [6, 6.07) is 59.5. The number of nitrogens with zero attached hydrogens (tertiary/aromatic N) is 1. The fourth-order valence-electron chi connectivity index (χ4n) is 7.56. The summed E-state index contributed by atoms with van der Waals surface area (Å²) >= 11 is 3.46. The van der Waals surface area contributed by atoms with E-state index in [-0.39, 0.29) is 5.75 Å². The molecule has 1 aromatic heterocycles. The SMILES string of the molecule is Brc1cccc(-c2ccccc2)c1.O=S(=O)(Oc1ccc2c(c1)Cc1ccccc1-2)C(F)(F)F.O=S(=O)(Oc1ccc2c3ccccc3n(-c3cccc(-c4ccccc4)c3)c2c1)C(F)(F)F. The lowest BCUT2D eigenvalue weighted by Crippen LogP contribution is -2.28. The zero-order valence-electron chi connectivity index (χ0n) is 34.5. The van der Waals surface area contributed by atoms with E-state index in [4.69, 9.17) is 0 Å². The van der Waals surface area contributed by atoms with Gasteiger partial charge in [-0.1, -0.05) is 149 Å². The van der Waals surface area contributed by atoms with Crippen LogP contribution in [0.2, 0.25) is 0 Å². The van der Waals surface area contributed by atoms with Gasteiger partial charge in [0.25, 0.3) is 0 Å².